The van der Waals surface area contributed by atoms with Crippen LogP contribution in [0.2, 0.25) is 10.0 Å². The van der Waals surface area contributed by atoms with Gasteiger partial charge in [-0.2, -0.15) is 4.98 Å². The van der Waals surface area contributed by atoms with E-state index < -0.39 is 0 Å². The first-order chi connectivity index (χ1) is 15.6. The van der Waals surface area contributed by atoms with Crippen LogP contribution in [0.5, 0.6) is 0 Å². The van der Waals surface area contributed by atoms with Crippen LogP contribution in [0.1, 0.15) is 30.7 Å². The van der Waals surface area contributed by atoms with Crippen molar-refractivity contribution in [2.45, 2.75) is 32.2 Å². The highest BCUT2D eigenvalue weighted by Gasteiger charge is 2.25. The van der Waals surface area contributed by atoms with Gasteiger partial charge in [-0.15, -0.1) is 0 Å². The van der Waals surface area contributed by atoms with E-state index in [2.05, 4.69) is 20.4 Å². The summed E-state index contributed by atoms with van der Waals surface area (Å²) in [6.45, 7) is 2.94. The maximum Gasteiger partial charge on any atom is 0.241 e. The Morgan fingerprint density at radius 3 is 2.62 bits per heavy atom. The van der Waals surface area contributed by atoms with Gasteiger partial charge >= 0.3 is 0 Å². The Hall–Kier alpha value is -2.41. The average Bonchev–Trinajstić information content (AvgIpc) is 3.27. The number of likely N-dealkylation sites (tertiary alicyclic amines) is 1. The maximum atomic E-state index is 12.5. The predicted molar refractivity (Wildman–Crippen MR) is 126 cm³/mol. The SMILES string of the molecule is O=C(NCCCc1ccc(Cl)cc1)C1CCN(Cc2nc(-c3cccc(Cl)c3)no2)CC1. The Morgan fingerprint density at radius 2 is 1.88 bits per heavy atom. The van der Waals surface area contributed by atoms with Crippen molar-refractivity contribution < 1.29 is 9.32 Å². The summed E-state index contributed by atoms with van der Waals surface area (Å²) in [4.78, 5) is 19.2. The summed E-state index contributed by atoms with van der Waals surface area (Å²) in [5.41, 5.74) is 2.07. The zero-order valence-electron chi connectivity index (χ0n) is 17.8. The van der Waals surface area contributed by atoms with Crippen LogP contribution in [0.3, 0.4) is 0 Å². The molecule has 0 aliphatic carbocycles. The van der Waals surface area contributed by atoms with Gasteiger partial charge in [0, 0.05) is 28.1 Å². The van der Waals surface area contributed by atoms with Gasteiger partial charge in [-0.05, 0) is 68.6 Å². The third-order valence-electron chi connectivity index (χ3n) is 5.72. The van der Waals surface area contributed by atoms with E-state index in [1.54, 1.807) is 0 Å². The second-order valence-electron chi connectivity index (χ2n) is 8.09. The topological polar surface area (TPSA) is 71.3 Å². The molecule has 0 spiro atoms. The molecule has 1 fully saturated rings. The van der Waals surface area contributed by atoms with E-state index in [-0.39, 0.29) is 11.8 Å². The molecule has 6 nitrogen and oxygen atoms in total. The first kappa shape index (κ1) is 22.8. The Bertz CT molecular complexity index is 1030. The normalized spacial score (nSPS) is 15.1. The van der Waals surface area contributed by atoms with E-state index in [1.165, 1.54) is 5.56 Å². The van der Waals surface area contributed by atoms with Gasteiger partial charge in [0.2, 0.25) is 17.6 Å². The van der Waals surface area contributed by atoms with Crippen LogP contribution in [0, 0.1) is 5.92 Å². The number of rotatable bonds is 8. The number of carbonyl (C=O) groups is 1. The van der Waals surface area contributed by atoms with Crippen molar-refractivity contribution in [2.24, 2.45) is 5.92 Å². The number of amides is 1. The summed E-state index contributed by atoms with van der Waals surface area (Å²) in [6.07, 6.45) is 3.51. The fourth-order valence-corrected chi connectivity index (χ4v) is 4.22. The van der Waals surface area contributed by atoms with E-state index in [4.69, 9.17) is 27.7 Å². The average molecular weight is 473 g/mol. The number of hydrogen-bond donors (Lipinski definition) is 1. The van der Waals surface area contributed by atoms with Gasteiger partial charge in [0.1, 0.15) is 0 Å². The lowest BCUT2D eigenvalue weighted by Crippen LogP contribution is -2.40. The van der Waals surface area contributed by atoms with Crippen molar-refractivity contribution in [1.82, 2.24) is 20.4 Å². The number of benzene rings is 2. The molecule has 168 valence electrons. The molecule has 0 radical (unpaired) electrons. The van der Waals surface area contributed by atoms with Crippen LogP contribution in [0.25, 0.3) is 11.4 Å². The summed E-state index contributed by atoms with van der Waals surface area (Å²) in [7, 11) is 0. The van der Waals surface area contributed by atoms with Crippen LogP contribution in [-0.2, 0) is 17.8 Å². The first-order valence-electron chi connectivity index (χ1n) is 10.9. The standard InChI is InChI=1S/C24H26Cl2N4O2/c25-20-8-6-17(7-9-20)3-2-12-27-24(31)18-10-13-30(14-11-18)16-22-28-23(29-32-22)19-4-1-5-21(26)15-19/h1,4-9,15,18H,2-3,10-14,16H2,(H,27,31). The maximum absolute atomic E-state index is 12.5. The van der Waals surface area contributed by atoms with Crippen molar-refractivity contribution in [3.05, 3.63) is 70.0 Å². The van der Waals surface area contributed by atoms with Crippen molar-refractivity contribution >= 4 is 29.1 Å². The lowest BCUT2D eigenvalue weighted by molar-refractivity contribution is -0.126. The lowest BCUT2D eigenvalue weighted by atomic mass is 9.96. The first-order valence-corrected chi connectivity index (χ1v) is 11.7. The summed E-state index contributed by atoms with van der Waals surface area (Å²) in [5, 5.41) is 8.53. The third-order valence-corrected chi connectivity index (χ3v) is 6.21. The highest BCUT2D eigenvalue weighted by atomic mass is 35.5. The van der Waals surface area contributed by atoms with E-state index in [1.807, 2.05) is 48.5 Å². The molecule has 1 amide bonds. The van der Waals surface area contributed by atoms with Crippen molar-refractivity contribution in [3.63, 3.8) is 0 Å². The van der Waals surface area contributed by atoms with Gasteiger partial charge in [-0.25, -0.2) is 0 Å². The number of piperidine rings is 1. The predicted octanol–water partition coefficient (Wildman–Crippen LogP) is 5.00. The van der Waals surface area contributed by atoms with Crippen LogP contribution < -0.4 is 5.32 Å². The summed E-state index contributed by atoms with van der Waals surface area (Å²) in [6, 6.07) is 15.2. The highest BCUT2D eigenvalue weighted by Crippen LogP contribution is 2.22. The minimum atomic E-state index is 0.0616. The minimum absolute atomic E-state index is 0.0616. The number of carbonyl (C=O) groups excluding carboxylic acids is 1. The Kier molecular flexibility index (Phi) is 7.79. The quantitative estimate of drug-likeness (QED) is 0.466. The molecule has 0 bridgehead atoms. The Morgan fingerprint density at radius 1 is 1.09 bits per heavy atom. The minimum Gasteiger partial charge on any atom is -0.356 e. The van der Waals surface area contributed by atoms with Crippen LogP contribution in [0.4, 0.5) is 0 Å². The molecule has 0 atom stereocenters. The molecule has 1 aromatic heterocycles. The van der Waals surface area contributed by atoms with Gasteiger partial charge < -0.3 is 9.84 Å². The molecule has 1 aliphatic heterocycles. The van der Waals surface area contributed by atoms with E-state index in [9.17, 15) is 4.79 Å². The number of halogens is 2. The Balaban J connectivity index is 1.17. The molecule has 1 N–H and O–H groups in total. The third kappa shape index (κ3) is 6.31. The second-order valence-corrected chi connectivity index (χ2v) is 8.97. The number of nitrogens with zero attached hydrogens (tertiary/aromatic N) is 3. The fraction of sp³-hybridized carbons (Fsp3) is 0.375. The van der Waals surface area contributed by atoms with Crippen LogP contribution in [0.15, 0.2) is 53.1 Å². The molecule has 0 saturated carbocycles. The zero-order valence-corrected chi connectivity index (χ0v) is 19.3. The number of aryl methyl sites for hydroxylation is 1. The lowest BCUT2D eigenvalue weighted by Gasteiger charge is -2.30. The van der Waals surface area contributed by atoms with Crippen molar-refractivity contribution in [2.75, 3.05) is 19.6 Å². The van der Waals surface area contributed by atoms with Crippen LogP contribution >= 0.6 is 23.2 Å². The molecule has 2 heterocycles. The van der Waals surface area contributed by atoms with E-state index in [0.717, 1.165) is 49.4 Å². The summed E-state index contributed by atoms with van der Waals surface area (Å²) >= 11 is 11.9. The van der Waals surface area contributed by atoms with Gasteiger partial charge in [-0.1, -0.05) is 52.6 Å². The molecule has 1 saturated heterocycles. The molecular weight excluding hydrogens is 447 g/mol. The van der Waals surface area contributed by atoms with E-state index >= 15 is 0 Å². The molecular formula is C24H26Cl2N4O2. The van der Waals surface area contributed by atoms with Gasteiger partial charge in [0.05, 0.1) is 6.54 Å². The summed E-state index contributed by atoms with van der Waals surface area (Å²) in [5.74, 6) is 1.33. The van der Waals surface area contributed by atoms with Gasteiger partial charge in [0.15, 0.2) is 0 Å². The Labute approximate surface area is 197 Å². The van der Waals surface area contributed by atoms with Gasteiger partial charge in [0.25, 0.3) is 0 Å². The fourth-order valence-electron chi connectivity index (χ4n) is 3.91. The van der Waals surface area contributed by atoms with Gasteiger partial charge in [-0.3, -0.25) is 9.69 Å². The van der Waals surface area contributed by atoms with Crippen LogP contribution in [-0.4, -0.2) is 40.6 Å². The zero-order chi connectivity index (χ0) is 22.3. The second kappa shape index (κ2) is 10.9. The van der Waals surface area contributed by atoms with E-state index in [0.29, 0.717) is 29.8 Å². The summed E-state index contributed by atoms with van der Waals surface area (Å²) < 4.78 is 5.41. The molecule has 8 heteroatoms. The molecule has 4 rings (SSSR count). The number of aromatic nitrogens is 2. The monoisotopic (exact) mass is 472 g/mol. The number of nitrogens with one attached hydrogen (secondary N) is 1. The van der Waals surface area contributed by atoms with Crippen molar-refractivity contribution in [3.8, 4) is 11.4 Å². The molecule has 1 aliphatic rings. The molecule has 0 unspecified atom stereocenters. The van der Waals surface area contributed by atoms with Crippen molar-refractivity contribution in [1.29, 1.82) is 0 Å². The molecule has 32 heavy (non-hydrogen) atoms. The molecule has 3 aromatic rings. The number of hydrogen-bond acceptors (Lipinski definition) is 5. The smallest absolute Gasteiger partial charge is 0.241 e. The largest absolute Gasteiger partial charge is 0.356 e. The highest BCUT2D eigenvalue weighted by molar-refractivity contribution is 6.31. The molecule has 2 aromatic carbocycles.